The van der Waals surface area contributed by atoms with E-state index in [4.69, 9.17) is 0 Å². The predicted molar refractivity (Wildman–Crippen MR) is 76.2 cm³/mol. The van der Waals surface area contributed by atoms with Crippen LogP contribution in [0, 0.1) is 5.92 Å². The van der Waals surface area contributed by atoms with Crippen molar-refractivity contribution in [2.75, 3.05) is 5.75 Å². The van der Waals surface area contributed by atoms with Crippen LogP contribution in [0.1, 0.15) is 43.2 Å². The van der Waals surface area contributed by atoms with Crippen LogP contribution in [0.15, 0.2) is 23.1 Å². The third-order valence-corrected chi connectivity index (χ3v) is 5.26. The molecule has 1 atom stereocenters. The highest BCUT2D eigenvalue weighted by Gasteiger charge is 2.23. The summed E-state index contributed by atoms with van der Waals surface area (Å²) < 4.78 is 0. The number of hydrogen-bond donors (Lipinski definition) is 0. The number of carbonyl (C=O) groups excluding carboxylic acids is 1. The van der Waals surface area contributed by atoms with Crippen molar-refractivity contribution in [3.05, 3.63) is 29.3 Å². The fraction of sp³-hybridized carbons (Fsp3) is 0.562. The van der Waals surface area contributed by atoms with Crippen LogP contribution in [0.5, 0.6) is 0 Å². The number of hydrogen-bond acceptors (Lipinski definition) is 2. The standard InChI is InChI=1S/C16H20OS/c17-16-6-2-4-13(16)9-10-18-15-8-7-12-3-1-5-14(12)11-15/h7-8,11,13H,1-6,9-10H2. The Bertz CT molecular complexity index is 452. The van der Waals surface area contributed by atoms with Gasteiger partial charge in [0.2, 0.25) is 0 Å². The molecule has 2 heteroatoms. The lowest BCUT2D eigenvalue weighted by atomic mass is 10.1. The van der Waals surface area contributed by atoms with Crippen molar-refractivity contribution in [1.82, 2.24) is 0 Å². The second-order valence-electron chi connectivity index (χ2n) is 5.48. The van der Waals surface area contributed by atoms with Gasteiger partial charge < -0.3 is 0 Å². The normalized spacial score (nSPS) is 22.4. The molecule has 96 valence electrons. The Hall–Kier alpha value is -0.760. The molecular formula is C16H20OS. The van der Waals surface area contributed by atoms with E-state index in [9.17, 15) is 4.79 Å². The van der Waals surface area contributed by atoms with Crippen LogP contribution in [0.3, 0.4) is 0 Å². The van der Waals surface area contributed by atoms with Gasteiger partial charge in [-0.1, -0.05) is 6.07 Å². The zero-order chi connectivity index (χ0) is 12.4. The van der Waals surface area contributed by atoms with Crippen LogP contribution in [0.25, 0.3) is 0 Å². The lowest BCUT2D eigenvalue weighted by Crippen LogP contribution is -2.06. The molecule has 0 heterocycles. The molecule has 0 N–H and O–H groups in total. The summed E-state index contributed by atoms with van der Waals surface area (Å²) in [5.41, 5.74) is 3.10. The minimum Gasteiger partial charge on any atom is -0.299 e. The summed E-state index contributed by atoms with van der Waals surface area (Å²) in [4.78, 5) is 13.0. The molecule has 0 radical (unpaired) electrons. The molecule has 0 saturated heterocycles. The van der Waals surface area contributed by atoms with E-state index in [1.54, 1.807) is 11.1 Å². The third kappa shape index (κ3) is 2.64. The van der Waals surface area contributed by atoms with Crippen molar-refractivity contribution in [1.29, 1.82) is 0 Å². The number of ketones is 1. The Morgan fingerprint density at radius 3 is 2.83 bits per heavy atom. The zero-order valence-corrected chi connectivity index (χ0v) is 11.6. The SMILES string of the molecule is O=C1CCCC1CCSc1ccc2c(c1)CCC2. The Kier molecular flexibility index (Phi) is 3.74. The van der Waals surface area contributed by atoms with E-state index in [1.165, 1.54) is 24.2 Å². The van der Waals surface area contributed by atoms with E-state index >= 15 is 0 Å². The highest BCUT2D eigenvalue weighted by molar-refractivity contribution is 7.99. The second kappa shape index (κ2) is 5.48. The fourth-order valence-corrected chi connectivity index (χ4v) is 4.18. The van der Waals surface area contributed by atoms with Crippen molar-refractivity contribution < 1.29 is 4.79 Å². The summed E-state index contributed by atoms with van der Waals surface area (Å²) in [5, 5.41) is 0. The molecule has 1 aromatic carbocycles. The quantitative estimate of drug-likeness (QED) is 0.760. The van der Waals surface area contributed by atoms with Crippen molar-refractivity contribution in [2.45, 2.75) is 49.8 Å². The molecule has 2 aliphatic carbocycles. The zero-order valence-electron chi connectivity index (χ0n) is 10.8. The van der Waals surface area contributed by atoms with E-state index in [-0.39, 0.29) is 0 Å². The largest absolute Gasteiger partial charge is 0.299 e. The van der Waals surface area contributed by atoms with Gasteiger partial charge in [0, 0.05) is 17.2 Å². The molecule has 1 aromatic rings. The van der Waals surface area contributed by atoms with Gasteiger partial charge >= 0.3 is 0 Å². The number of thioether (sulfide) groups is 1. The smallest absolute Gasteiger partial charge is 0.136 e. The number of fused-ring (bicyclic) bond motifs is 1. The monoisotopic (exact) mass is 260 g/mol. The van der Waals surface area contributed by atoms with Crippen LogP contribution in [0.2, 0.25) is 0 Å². The van der Waals surface area contributed by atoms with Crippen molar-refractivity contribution in [3.8, 4) is 0 Å². The average Bonchev–Trinajstić information content (AvgIpc) is 2.98. The molecule has 1 fully saturated rings. The summed E-state index contributed by atoms with van der Waals surface area (Å²) >= 11 is 1.92. The van der Waals surface area contributed by atoms with Crippen LogP contribution in [-0.4, -0.2) is 11.5 Å². The maximum absolute atomic E-state index is 11.6. The topological polar surface area (TPSA) is 17.1 Å². The Labute approximate surface area is 113 Å². The lowest BCUT2D eigenvalue weighted by molar-refractivity contribution is -0.120. The Morgan fingerprint density at radius 1 is 1.11 bits per heavy atom. The molecule has 0 amide bonds. The van der Waals surface area contributed by atoms with E-state index in [0.717, 1.165) is 31.4 Å². The average molecular weight is 260 g/mol. The second-order valence-corrected chi connectivity index (χ2v) is 6.64. The van der Waals surface area contributed by atoms with E-state index in [1.807, 2.05) is 11.8 Å². The van der Waals surface area contributed by atoms with E-state index < -0.39 is 0 Å². The lowest BCUT2D eigenvalue weighted by Gasteiger charge is -2.08. The molecule has 18 heavy (non-hydrogen) atoms. The van der Waals surface area contributed by atoms with E-state index in [0.29, 0.717) is 11.7 Å². The van der Waals surface area contributed by atoms with Gasteiger partial charge in [-0.3, -0.25) is 4.79 Å². The molecule has 0 spiro atoms. The first-order valence-corrected chi connectivity index (χ1v) is 8.09. The van der Waals surface area contributed by atoms with Crippen molar-refractivity contribution in [2.24, 2.45) is 5.92 Å². The fourth-order valence-electron chi connectivity index (χ4n) is 3.15. The number of carbonyl (C=O) groups is 1. The molecule has 2 aliphatic rings. The van der Waals surface area contributed by atoms with Crippen LogP contribution >= 0.6 is 11.8 Å². The molecule has 0 aromatic heterocycles. The van der Waals surface area contributed by atoms with Gasteiger partial charge in [0.15, 0.2) is 0 Å². The van der Waals surface area contributed by atoms with E-state index in [2.05, 4.69) is 18.2 Å². The first-order valence-electron chi connectivity index (χ1n) is 7.10. The highest BCUT2D eigenvalue weighted by atomic mass is 32.2. The molecule has 0 aliphatic heterocycles. The summed E-state index contributed by atoms with van der Waals surface area (Å²) in [6.07, 6.45) is 7.98. The van der Waals surface area contributed by atoms with Gasteiger partial charge in [-0.15, -0.1) is 11.8 Å². The summed E-state index contributed by atoms with van der Waals surface area (Å²) in [6, 6.07) is 6.92. The third-order valence-electron chi connectivity index (χ3n) is 4.24. The molecule has 1 nitrogen and oxygen atoms in total. The summed E-state index contributed by atoms with van der Waals surface area (Å²) in [6.45, 7) is 0. The maximum atomic E-state index is 11.6. The Morgan fingerprint density at radius 2 is 2.00 bits per heavy atom. The molecule has 1 unspecified atom stereocenters. The van der Waals surface area contributed by atoms with Crippen LogP contribution < -0.4 is 0 Å². The highest BCUT2D eigenvalue weighted by Crippen LogP contribution is 2.30. The van der Waals surface area contributed by atoms with Gasteiger partial charge in [0.05, 0.1) is 0 Å². The van der Waals surface area contributed by atoms with Crippen LogP contribution in [0.4, 0.5) is 0 Å². The van der Waals surface area contributed by atoms with Crippen molar-refractivity contribution in [3.63, 3.8) is 0 Å². The number of rotatable bonds is 4. The minimum absolute atomic E-state index is 0.368. The van der Waals surface area contributed by atoms with Gasteiger partial charge in [0.25, 0.3) is 0 Å². The van der Waals surface area contributed by atoms with Gasteiger partial charge in [-0.2, -0.15) is 0 Å². The molecule has 0 bridgehead atoms. The minimum atomic E-state index is 0.368. The number of benzene rings is 1. The van der Waals surface area contributed by atoms with Crippen LogP contribution in [-0.2, 0) is 17.6 Å². The summed E-state index contributed by atoms with van der Waals surface area (Å²) in [5.74, 6) is 1.96. The number of Topliss-reactive ketones (excluding diaryl/α,β-unsaturated/α-hetero) is 1. The van der Waals surface area contributed by atoms with Gasteiger partial charge in [-0.05, 0) is 67.5 Å². The number of aryl methyl sites for hydroxylation is 2. The predicted octanol–water partition coefficient (Wildman–Crippen LogP) is 4.03. The first-order chi connectivity index (χ1) is 8.83. The molecule has 1 saturated carbocycles. The Balaban J connectivity index is 1.52. The van der Waals surface area contributed by atoms with Crippen molar-refractivity contribution >= 4 is 17.5 Å². The maximum Gasteiger partial charge on any atom is 0.136 e. The first kappa shape index (κ1) is 12.3. The molecule has 3 rings (SSSR count). The molecular weight excluding hydrogens is 240 g/mol. The van der Waals surface area contributed by atoms with Gasteiger partial charge in [-0.25, -0.2) is 0 Å². The van der Waals surface area contributed by atoms with Gasteiger partial charge in [0.1, 0.15) is 5.78 Å². The summed E-state index contributed by atoms with van der Waals surface area (Å²) in [7, 11) is 0.